The standard InChI is InChI=1S/C55H42S/c1-34(35(2)24-30-42-33-41-28-26-38-29-31-49-53(52(38)54(41)55(42,4)5)47-20-12-13-21-48(47)56-49)22-23-36(3)50-43-16-8-10-18-45(43)51(46-19-11-9-17-44(46)50)40-27-25-37-14-6-7-15-39(37)32-40/h6-32H,1,3,33H2,2,4-5H3/b23-22-,35-24+,42-30+. The van der Waals surface area contributed by atoms with Crippen molar-refractivity contribution in [2.45, 2.75) is 32.6 Å². The summed E-state index contributed by atoms with van der Waals surface area (Å²) in [7, 11) is 0. The van der Waals surface area contributed by atoms with Crippen molar-refractivity contribution in [2.75, 3.05) is 0 Å². The van der Waals surface area contributed by atoms with Crippen LogP contribution in [0.2, 0.25) is 0 Å². The quantitative estimate of drug-likeness (QED) is 0.118. The lowest BCUT2D eigenvalue weighted by Gasteiger charge is -2.24. The van der Waals surface area contributed by atoms with Crippen molar-refractivity contribution >= 4 is 80.2 Å². The lowest BCUT2D eigenvalue weighted by molar-refractivity contribution is 0.649. The molecule has 0 unspecified atom stereocenters. The summed E-state index contributed by atoms with van der Waals surface area (Å²) in [5, 5.41) is 12.9. The highest BCUT2D eigenvalue weighted by Gasteiger charge is 2.36. The first-order valence-electron chi connectivity index (χ1n) is 19.5. The van der Waals surface area contributed by atoms with Crippen LogP contribution >= 0.6 is 11.3 Å². The third-order valence-electron chi connectivity index (χ3n) is 12.2. The molecule has 268 valence electrons. The van der Waals surface area contributed by atoms with E-state index in [2.05, 4.69) is 198 Å². The van der Waals surface area contributed by atoms with Crippen molar-refractivity contribution in [1.82, 2.24) is 0 Å². The first-order valence-corrected chi connectivity index (χ1v) is 20.3. The second-order valence-corrected chi connectivity index (χ2v) is 16.9. The Labute approximate surface area is 332 Å². The molecule has 0 spiro atoms. The zero-order chi connectivity index (χ0) is 38.1. The molecule has 1 heteroatoms. The van der Waals surface area contributed by atoms with Crippen molar-refractivity contribution in [2.24, 2.45) is 0 Å². The molecular formula is C55H42S. The molecule has 9 aromatic rings. The Balaban J connectivity index is 0.986. The molecule has 0 atom stereocenters. The van der Waals surface area contributed by atoms with Crippen LogP contribution in [0.3, 0.4) is 0 Å². The molecular weight excluding hydrogens is 693 g/mol. The molecule has 0 radical (unpaired) electrons. The molecule has 1 heterocycles. The number of thiophene rings is 1. The van der Waals surface area contributed by atoms with Crippen LogP contribution in [-0.2, 0) is 11.8 Å². The average Bonchev–Trinajstić information content (AvgIpc) is 3.74. The van der Waals surface area contributed by atoms with Crippen LogP contribution in [0.5, 0.6) is 0 Å². The molecule has 1 aromatic heterocycles. The largest absolute Gasteiger partial charge is 0.135 e. The summed E-state index contributed by atoms with van der Waals surface area (Å²) >= 11 is 1.90. The molecule has 0 saturated carbocycles. The van der Waals surface area contributed by atoms with Gasteiger partial charge < -0.3 is 0 Å². The fourth-order valence-electron chi connectivity index (χ4n) is 9.27. The van der Waals surface area contributed by atoms with Crippen LogP contribution in [0.4, 0.5) is 0 Å². The summed E-state index contributed by atoms with van der Waals surface area (Å²) in [5.41, 5.74) is 11.0. The van der Waals surface area contributed by atoms with Gasteiger partial charge in [0.15, 0.2) is 0 Å². The Morgan fingerprint density at radius 3 is 1.98 bits per heavy atom. The minimum Gasteiger partial charge on any atom is -0.135 e. The zero-order valence-electron chi connectivity index (χ0n) is 32.1. The molecule has 0 amide bonds. The van der Waals surface area contributed by atoms with Crippen molar-refractivity contribution in [3.63, 3.8) is 0 Å². The van der Waals surface area contributed by atoms with E-state index < -0.39 is 0 Å². The average molecular weight is 735 g/mol. The van der Waals surface area contributed by atoms with Gasteiger partial charge in [0.1, 0.15) is 0 Å². The highest BCUT2D eigenvalue weighted by Crippen LogP contribution is 2.50. The molecule has 1 aliphatic carbocycles. The Morgan fingerprint density at radius 2 is 1.23 bits per heavy atom. The van der Waals surface area contributed by atoms with Gasteiger partial charge in [0, 0.05) is 25.6 Å². The minimum atomic E-state index is -0.102. The summed E-state index contributed by atoms with van der Waals surface area (Å²) in [4.78, 5) is 0. The Morgan fingerprint density at radius 1 is 0.607 bits per heavy atom. The molecule has 0 N–H and O–H groups in total. The molecule has 0 fully saturated rings. The second kappa shape index (κ2) is 13.2. The Kier molecular flexibility index (Phi) is 8.06. The highest BCUT2D eigenvalue weighted by atomic mass is 32.1. The van der Waals surface area contributed by atoms with Crippen molar-refractivity contribution in [3.8, 4) is 11.1 Å². The molecule has 10 rings (SSSR count). The Bertz CT molecular complexity index is 3170. The van der Waals surface area contributed by atoms with Gasteiger partial charge in [-0.05, 0) is 119 Å². The maximum atomic E-state index is 4.65. The predicted octanol–water partition coefficient (Wildman–Crippen LogP) is 15.9. The molecule has 1 aliphatic rings. The van der Waals surface area contributed by atoms with Gasteiger partial charge in [-0.3, -0.25) is 0 Å². The van der Waals surface area contributed by atoms with Crippen LogP contribution in [-0.4, -0.2) is 0 Å². The number of fused-ring (bicyclic) bond motifs is 10. The SMILES string of the molecule is C=C(/C=C\C(=C)c1c2ccccc2c(-c2ccc3ccccc3c2)c2ccccc12)/C(C)=C/C=C1\Cc2ccc3ccc4sc5ccccc5c4c3c2C1(C)C. The normalized spacial score (nSPS) is 15.0. The van der Waals surface area contributed by atoms with E-state index in [-0.39, 0.29) is 5.41 Å². The summed E-state index contributed by atoms with van der Waals surface area (Å²) < 4.78 is 2.72. The second-order valence-electron chi connectivity index (χ2n) is 15.9. The van der Waals surface area contributed by atoms with E-state index >= 15 is 0 Å². The molecule has 0 saturated heterocycles. The maximum absolute atomic E-state index is 4.65. The number of hydrogen-bond donors (Lipinski definition) is 0. The van der Waals surface area contributed by atoms with Crippen molar-refractivity contribution in [1.29, 1.82) is 0 Å². The van der Waals surface area contributed by atoms with Gasteiger partial charge in [0.25, 0.3) is 0 Å². The topological polar surface area (TPSA) is 0 Å². The highest BCUT2D eigenvalue weighted by molar-refractivity contribution is 7.26. The monoisotopic (exact) mass is 734 g/mol. The van der Waals surface area contributed by atoms with Gasteiger partial charge in [0.2, 0.25) is 0 Å². The maximum Gasteiger partial charge on any atom is 0.0361 e. The van der Waals surface area contributed by atoms with Crippen LogP contribution in [0, 0.1) is 0 Å². The zero-order valence-corrected chi connectivity index (χ0v) is 32.9. The fourth-order valence-corrected chi connectivity index (χ4v) is 10.4. The first kappa shape index (κ1) is 34.2. The number of hydrogen-bond acceptors (Lipinski definition) is 1. The lowest BCUT2D eigenvalue weighted by atomic mass is 9.79. The number of rotatable bonds is 6. The van der Waals surface area contributed by atoms with E-state index in [0.717, 1.165) is 23.1 Å². The lowest BCUT2D eigenvalue weighted by Crippen LogP contribution is -2.16. The smallest absolute Gasteiger partial charge is 0.0361 e. The van der Waals surface area contributed by atoms with Gasteiger partial charge in [-0.1, -0.05) is 178 Å². The van der Waals surface area contributed by atoms with E-state index in [9.17, 15) is 0 Å². The molecule has 8 aromatic carbocycles. The first-order chi connectivity index (χ1) is 27.3. The third kappa shape index (κ3) is 5.41. The van der Waals surface area contributed by atoms with Crippen molar-refractivity contribution < 1.29 is 0 Å². The number of benzene rings is 8. The summed E-state index contributed by atoms with van der Waals surface area (Å²) in [5.74, 6) is 0. The summed E-state index contributed by atoms with van der Waals surface area (Å²) in [6, 6.07) is 51.1. The van der Waals surface area contributed by atoms with E-state index in [1.165, 1.54) is 96.7 Å². The van der Waals surface area contributed by atoms with E-state index in [1.807, 2.05) is 11.3 Å². The van der Waals surface area contributed by atoms with Gasteiger partial charge in [-0.15, -0.1) is 11.3 Å². The van der Waals surface area contributed by atoms with Gasteiger partial charge in [-0.2, -0.15) is 0 Å². The predicted molar refractivity (Wildman–Crippen MR) is 247 cm³/mol. The van der Waals surface area contributed by atoms with Crippen LogP contribution in [0.25, 0.3) is 80.0 Å². The summed E-state index contributed by atoms with van der Waals surface area (Å²) in [6.45, 7) is 16.1. The fraction of sp³-hybridized carbons (Fsp3) is 0.0909. The van der Waals surface area contributed by atoms with Crippen molar-refractivity contribution in [3.05, 3.63) is 210 Å². The molecule has 0 aliphatic heterocycles. The Hall–Kier alpha value is -6.28. The summed E-state index contributed by atoms with van der Waals surface area (Å²) in [6.07, 6.45) is 9.85. The van der Waals surface area contributed by atoms with Gasteiger partial charge >= 0.3 is 0 Å². The van der Waals surface area contributed by atoms with Gasteiger partial charge in [0.05, 0.1) is 0 Å². The molecule has 56 heavy (non-hydrogen) atoms. The van der Waals surface area contributed by atoms with Crippen LogP contribution in [0.1, 0.15) is 37.5 Å². The van der Waals surface area contributed by atoms with E-state index in [0.29, 0.717) is 0 Å². The molecule has 0 nitrogen and oxygen atoms in total. The van der Waals surface area contributed by atoms with E-state index in [1.54, 1.807) is 0 Å². The van der Waals surface area contributed by atoms with E-state index in [4.69, 9.17) is 0 Å². The minimum absolute atomic E-state index is 0.102. The molecule has 0 bridgehead atoms. The van der Waals surface area contributed by atoms with Crippen LogP contribution in [0.15, 0.2) is 194 Å². The third-order valence-corrected chi connectivity index (χ3v) is 13.4. The number of allylic oxidation sites excluding steroid dienone is 8. The van der Waals surface area contributed by atoms with Crippen LogP contribution < -0.4 is 0 Å². The van der Waals surface area contributed by atoms with Gasteiger partial charge in [-0.25, -0.2) is 0 Å².